The summed E-state index contributed by atoms with van der Waals surface area (Å²) in [6, 6.07) is 5.78. The smallest absolute Gasteiger partial charge is 0.241 e. The van der Waals surface area contributed by atoms with Crippen LogP contribution in [0.3, 0.4) is 0 Å². The molecule has 6 heteroatoms. The molecule has 5 nitrogen and oxygen atoms in total. The summed E-state index contributed by atoms with van der Waals surface area (Å²) in [5.41, 5.74) is 0.197. The first-order valence-corrected chi connectivity index (χ1v) is 8.60. The van der Waals surface area contributed by atoms with Crippen LogP contribution in [0.4, 0.5) is 10.1 Å². The van der Waals surface area contributed by atoms with Crippen molar-refractivity contribution in [3.05, 3.63) is 30.1 Å². The van der Waals surface area contributed by atoms with Crippen molar-refractivity contribution in [2.45, 2.75) is 39.2 Å². The Morgan fingerprint density at radius 1 is 1.29 bits per heavy atom. The van der Waals surface area contributed by atoms with E-state index >= 15 is 0 Å². The van der Waals surface area contributed by atoms with Crippen molar-refractivity contribution in [2.75, 3.05) is 25.0 Å². The summed E-state index contributed by atoms with van der Waals surface area (Å²) in [5.74, 6) is -0.534. The first kappa shape index (κ1) is 18.4. The predicted molar refractivity (Wildman–Crippen MR) is 92.1 cm³/mol. The van der Waals surface area contributed by atoms with E-state index < -0.39 is 5.82 Å². The number of hydrogen-bond acceptors (Lipinski definition) is 3. The molecule has 0 radical (unpaired) electrons. The molecule has 1 aromatic rings. The van der Waals surface area contributed by atoms with E-state index in [1.54, 1.807) is 18.2 Å². The normalized spacial score (nSPS) is 17.3. The molecule has 24 heavy (non-hydrogen) atoms. The number of nitrogens with one attached hydrogen (secondary N) is 2. The number of carbonyl (C=O) groups is 2. The minimum absolute atomic E-state index is 0.0228. The number of anilines is 1. The Kier molecular flexibility index (Phi) is 6.73. The molecule has 2 rings (SSSR count). The highest BCUT2D eigenvalue weighted by molar-refractivity contribution is 5.94. The molecule has 1 aliphatic heterocycles. The topological polar surface area (TPSA) is 61.4 Å². The van der Waals surface area contributed by atoms with Crippen molar-refractivity contribution in [2.24, 2.45) is 5.92 Å². The quantitative estimate of drug-likeness (QED) is 0.839. The average molecular weight is 335 g/mol. The maximum absolute atomic E-state index is 13.6. The minimum Gasteiger partial charge on any atom is -0.356 e. The molecular formula is C18H26FN3O2. The minimum atomic E-state index is -0.440. The molecule has 1 fully saturated rings. The highest BCUT2D eigenvalue weighted by Gasteiger charge is 2.29. The summed E-state index contributed by atoms with van der Waals surface area (Å²) >= 11 is 0. The highest BCUT2D eigenvalue weighted by atomic mass is 19.1. The maximum Gasteiger partial charge on any atom is 0.241 e. The number of amides is 2. The van der Waals surface area contributed by atoms with E-state index in [9.17, 15) is 14.0 Å². The maximum atomic E-state index is 13.6. The van der Waals surface area contributed by atoms with Crippen LogP contribution in [0.25, 0.3) is 0 Å². The van der Waals surface area contributed by atoms with Crippen LogP contribution in [-0.4, -0.2) is 42.4 Å². The molecule has 1 unspecified atom stereocenters. The van der Waals surface area contributed by atoms with Crippen LogP contribution in [0.2, 0.25) is 0 Å². The number of hydrogen-bond donors (Lipinski definition) is 2. The zero-order valence-electron chi connectivity index (χ0n) is 14.3. The summed E-state index contributed by atoms with van der Waals surface area (Å²) < 4.78 is 13.6. The first-order valence-electron chi connectivity index (χ1n) is 8.60. The van der Waals surface area contributed by atoms with Gasteiger partial charge in [-0.2, -0.15) is 0 Å². The molecular weight excluding hydrogens is 309 g/mol. The molecule has 1 aliphatic rings. The summed E-state index contributed by atoms with van der Waals surface area (Å²) in [6.45, 7) is 5.93. The van der Waals surface area contributed by atoms with Gasteiger partial charge in [0.25, 0.3) is 0 Å². The lowest BCUT2D eigenvalue weighted by Gasteiger charge is -2.34. The van der Waals surface area contributed by atoms with Gasteiger partial charge < -0.3 is 10.6 Å². The number of rotatable bonds is 6. The highest BCUT2D eigenvalue weighted by Crippen LogP contribution is 2.20. The molecule has 0 aliphatic carbocycles. The van der Waals surface area contributed by atoms with Crippen LogP contribution < -0.4 is 10.6 Å². The molecule has 2 N–H and O–H groups in total. The number of halogens is 1. The van der Waals surface area contributed by atoms with Gasteiger partial charge in [0, 0.05) is 12.5 Å². The predicted octanol–water partition coefficient (Wildman–Crippen LogP) is 2.39. The van der Waals surface area contributed by atoms with Crippen molar-refractivity contribution in [3.8, 4) is 0 Å². The molecule has 132 valence electrons. The van der Waals surface area contributed by atoms with E-state index in [0.717, 1.165) is 19.3 Å². The molecule has 2 amide bonds. The molecule has 1 atom stereocenters. The van der Waals surface area contributed by atoms with Crippen molar-refractivity contribution in [3.63, 3.8) is 0 Å². The standard InChI is InChI=1S/C18H26FN3O2/c1-3-10-20-18(24)14-8-11-22(12-9-14)13(2)17(23)21-16-7-5-4-6-15(16)19/h4-7,13-14H,3,8-12H2,1-2H3,(H,20,24)(H,21,23). The fraction of sp³-hybridized carbons (Fsp3) is 0.556. The third kappa shape index (κ3) is 4.77. The van der Waals surface area contributed by atoms with Crippen LogP contribution in [-0.2, 0) is 9.59 Å². The summed E-state index contributed by atoms with van der Waals surface area (Å²) in [4.78, 5) is 26.4. The van der Waals surface area contributed by atoms with Gasteiger partial charge in [0.15, 0.2) is 0 Å². The van der Waals surface area contributed by atoms with Crippen molar-refractivity contribution in [1.29, 1.82) is 0 Å². The van der Waals surface area contributed by atoms with Crippen LogP contribution in [0.5, 0.6) is 0 Å². The molecule has 0 spiro atoms. The van der Waals surface area contributed by atoms with Gasteiger partial charge in [-0.3, -0.25) is 14.5 Å². The van der Waals surface area contributed by atoms with E-state index in [1.165, 1.54) is 6.07 Å². The number of piperidine rings is 1. The van der Waals surface area contributed by atoms with Crippen LogP contribution in [0.15, 0.2) is 24.3 Å². The SMILES string of the molecule is CCCNC(=O)C1CCN(C(C)C(=O)Nc2ccccc2F)CC1. The van der Waals surface area contributed by atoms with Gasteiger partial charge in [-0.15, -0.1) is 0 Å². The molecule has 1 aromatic carbocycles. The molecule has 0 saturated carbocycles. The average Bonchev–Trinajstić information content (AvgIpc) is 2.61. The Bertz CT molecular complexity index is 571. The van der Waals surface area contributed by atoms with Gasteiger partial charge >= 0.3 is 0 Å². The summed E-state index contributed by atoms with van der Waals surface area (Å²) in [6.07, 6.45) is 2.41. The first-order chi connectivity index (χ1) is 11.5. The van der Waals surface area contributed by atoms with E-state index in [1.807, 2.05) is 18.7 Å². The number of benzene rings is 1. The van der Waals surface area contributed by atoms with Gasteiger partial charge in [-0.05, 0) is 51.4 Å². The van der Waals surface area contributed by atoms with E-state index in [-0.39, 0.29) is 29.5 Å². The summed E-state index contributed by atoms with van der Waals surface area (Å²) in [5, 5.41) is 5.56. The molecule has 1 heterocycles. The second-order valence-corrected chi connectivity index (χ2v) is 6.25. The third-order valence-electron chi connectivity index (χ3n) is 4.51. The number of para-hydroxylation sites is 1. The van der Waals surface area contributed by atoms with Crippen molar-refractivity contribution < 1.29 is 14.0 Å². The zero-order valence-corrected chi connectivity index (χ0v) is 14.3. The Labute approximate surface area is 142 Å². The second kappa shape index (κ2) is 8.78. The van der Waals surface area contributed by atoms with Crippen LogP contribution >= 0.6 is 0 Å². The Morgan fingerprint density at radius 3 is 2.58 bits per heavy atom. The van der Waals surface area contributed by atoms with E-state index in [0.29, 0.717) is 19.6 Å². The number of carbonyl (C=O) groups excluding carboxylic acids is 2. The monoisotopic (exact) mass is 335 g/mol. The lowest BCUT2D eigenvalue weighted by molar-refractivity contribution is -0.127. The van der Waals surface area contributed by atoms with Crippen LogP contribution in [0.1, 0.15) is 33.1 Å². The number of nitrogens with zero attached hydrogens (tertiary/aromatic N) is 1. The lowest BCUT2D eigenvalue weighted by atomic mass is 9.95. The van der Waals surface area contributed by atoms with Gasteiger partial charge in [-0.25, -0.2) is 4.39 Å². The molecule has 0 bridgehead atoms. The number of likely N-dealkylation sites (tertiary alicyclic amines) is 1. The van der Waals surface area contributed by atoms with Gasteiger partial charge in [0.2, 0.25) is 11.8 Å². The Balaban J connectivity index is 1.84. The zero-order chi connectivity index (χ0) is 17.5. The Morgan fingerprint density at radius 2 is 1.96 bits per heavy atom. The summed E-state index contributed by atoms with van der Waals surface area (Å²) in [7, 11) is 0. The largest absolute Gasteiger partial charge is 0.356 e. The van der Waals surface area contributed by atoms with Gasteiger partial charge in [-0.1, -0.05) is 19.1 Å². The van der Waals surface area contributed by atoms with Crippen LogP contribution in [0, 0.1) is 11.7 Å². The van der Waals surface area contributed by atoms with Crippen molar-refractivity contribution in [1.82, 2.24) is 10.2 Å². The third-order valence-corrected chi connectivity index (χ3v) is 4.51. The van der Waals surface area contributed by atoms with Gasteiger partial charge in [0.1, 0.15) is 5.82 Å². The van der Waals surface area contributed by atoms with Crippen molar-refractivity contribution >= 4 is 17.5 Å². The molecule has 0 aromatic heterocycles. The fourth-order valence-electron chi connectivity index (χ4n) is 2.91. The molecule has 1 saturated heterocycles. The fourth-order valence-corrected chi connectivity index (χ4v) is 2.91. The lowest BCUT2D eigenvalue weighted by Crippen LogP contribution is -2.48. The Hall–Kier alpha value is -1.95. The van der Waals surface area contributed by atoms with E-state index in [2.05, 4.69) is 10.6 Å². The van der Waals surface area contributed by atoms with Gasteiger partial charge in [0.05, 0.1) is 11.7 Å². The second-order valence-electron chi connectivity index (χ2n) is 6.25. The van der Waals surface area contributed by atoms with E-state index in [4.69, 9.17) is 0 Å².